The molecule has 3 aromatic carbocycles. The molecule has 3 rings (SSSR count). The van der Waals surface area contributed by atoms with Gasteiger partial charge in [-0.05, 0) is 42.0 Å². The summed E-state index contributed by atoms with van der Waals surface area (Å²) >= 11 is 0. The zero-order valence-electron chi connectivity index (χ0n) is 15.9. The second-order valence-electron chi connectivity index (χ2n) is 6.47. The second-order valence-corrected chi connectivity index (χ2v) is 8.44. The second kappa shape index (κ2) is 8.89. The zero-order chi connectivity index (χ0) is 20.9. The number of rotatable bonds is 7. The Kier molecular flexibility index (Phi) is 6.31. The molecule has 29 heavy (non-hydrogen) atoms. The Morgan fingerprint density at radius 2 is 1.48 bits per heavy atom. The number of nitrogens with zero attached hydrogens (tertiary/aromatic N) is 1. The van der Waals surface area contributed by atoms with Gasteiger partial charge < -0.3 is 10.4 Å². The minimum absolute atomic E-state index is 0.0763. The highest BCUT2D eigenvalue weighted by molar-refractivity contribution is 7.92. The quantitative estimate of drug-likeness (QED) is 0.627. The number of carbonyl (C=O) groups is 1. The Bertz CT molecular complexity index is 1050. The van der Waals surface area contributed by atoms with Crippen molar-refractivity contribution in [3.05, 3.63) is 96.1 Å². The number of aliphatic hydroxyl groups excluding tert-OH is 1. The molecule has 0 heterocycles. The van der Waals surface area contributed by atoms with E-state index in [0.717, 1.165) is 5.56 Å². The summed E-state index contributed by atoms with van der Waals surface area (Å²) in [4.78, 5) is 12.5. The van der Waals surface area contributed by atoms with Crippen LogP contribution >= 0.6 is 0 Å². The summed E-state index contributed by atoms with van der Waals surface area (Å²) in [6, 6.07) is 23.5. The Balaban J connectivity index is 1.66. The van der Waals surface area contributed by atoms with E-state index in [1.807, 2.05) is 18.2 Å². The standard InChI is InChI=1S/C22H22N2O4S/c1-24(29(27,28)20-10-6-3-7-11-20)19-14-12-18(13-15-19)22(26)23-16-21(25)17-8-4-2-5-9-17/h2-15,21,25H,16H2,1H3,(H,23,26). The Labute approximate surface area is 170 Å². The first-order chi connectivity index (χ1) is 13.9. The van der Waals surface area contributed by atoms with Crippen LogP contribution in [0.5, 0.6) is 0 Å². The lowest BCUT2D eigenvalue weighted by Crippen LogP contribution is -2.29. The van der Waals surface area contributed by atoms with Crippen LogP contribution in [0.4, 0.5) is 5.69 Å². The van der Waals surface area contributed by atoms with Crippen molar-refractivity contribution in [1.82, 2.24) is 5.32 Å². The number of hydrogen-bond acceptors (Lipinski definition) is 4. The van der Waals surface area contributed by atoms with Gasteiger partial charge in [0.25, 0.3) is 15.9 Å². The molecule has 2 N–H and O–H groups in total. The topological polar surface area (TPSA) is 86.7 Å². The maximum absolute atomic E-state index is 12.7. The molecular weight excluding hydrogens is 388 g/mol. The first-order valence-corrected chi connectivity index (χ1v) is 10.5. The van der Waals surface area contributed by atoms with Crippen molar-refractivity contribution in [2.24, 2.45) is 0 Å². The van der Waals surface area contributed by atoms with Crippen LogP contribution in [0.2, 0.25) is 0 Å². The number of sulfonamides is 1. The molecule has 0 saturated heterocycles. The van der Waals surface area contributed by atoms with Gasteiger partial charge >= 0.3 is 0 Å². The monoisotopic (exact) mass is 410 g/mol. The number of amides is 1. The van der Waals surface area contributed by atoms with Gasteiger partial charge in [-0.2, -0.15) is 0 Å². The fraction of sp³-hybridized carbons (Fsp3) is 0.136. The molecule has 0 radical (unpaired) electrons. The van der Waals surface area contributed by atoms with Crippen molar-refractivity contribution in [1.29, 1.82) is 0 Å². The molecule has 0 aromatic heterocycles. The number of benzene rings is 3. The van der Waals surface area contributed by atoms with Gasteiger partial charge in [0, 0.05) is 19.2 Å². The Hall–Kier alpha value is -3.16. The van der Waals surface area contributed by atoms with Gasteiger partial charge in [-0.1, -0.05) is 48.5 Å². The molecule has 0 fully saturated rings. The third kappa shape index (κ3) is 4.82. The van der Waals surface area contributed by atoms with Crippen LogP contribution in [0.3, 0.4) is 0 Å². The highest BCUT2D eigenvalue weighted by Gasteiger charge is 2.21. The van der Waals surface area contributed by atoms with E-state index in [-0.39, 0.29) is 17.3 Å². The van der Waals surface area contributed by atoms with Gasteiger partial charge in [-0.15, -0.1) is 0 Å². The first-order valence-electron chi connectivity index (χ1n) is 9.05. The number of carbonyl (C=O) groups excluding carboxylic acids is 1. The normalized spacial score (nSPS) is 12.2. The molecule has 0 spiro atoms. The number of aliphatic hydroxyl groups is 1. The van der Waals surface area contributed by atoms with Gasteiger partial charge in [0.15, 0.2) is 0 Å². The molecular formula is C22H22N2O4S. The predicted molar refractivity (Wildman–Crippen MR) is 112 cm³/mol. The minimum Gasteiger partial charge on any atom is -0.387 e. The highest BCUT2D eigenvalue weighted by Crippen LogP contribution is 2.22. The van der Waals surface area contributed by atoms with E-state index in [0.29, 0.717) is 11.3 Å². The maximum atomic E-state index is 12.7. The lowest BCUT2D eigenvalue weighted by atomic mass is 10.1. The van der Waals surface area contributed by atoms with E-state index >= 15 is 0 Å². The van der Waals surface area contributed by atoms with Crippen LogP contribution in [0, 0.1) is 0 Å². The molecule has 0 aliphatic heterocycles. The number of anilines is 1. The summed E-state index contributed by atoms with van der Waals surface area (Å²) < 4.78 is 26.5. The third-order valence-corrected chi connectivity index (χ3v) is 6.33. The van der Waals surface area contributed by atoms with Gasteiger partial charge in [-0.25, -0.2) is 8.42 Å². The Morgan fingerprint density at radius 3 is 2.07 bits per heavy atom. The van der Waals surface area contributed by atoms with E-state index in [1.165, 1.54) is 23.5 Å². The van der Waals surface area contributed by atoms with Crippen LogP contribution in [-0.4, -0.2) is 33.0 Å². The van der Waals surface area contributed by atoms with Crippen molar-refractivity contribution in [2.45, 2.75) is 11.0 Å². The summed E-state index contributed by atoms with van der Waals surface area (Å²) in [6.07, 6.45) is -0.804. The molecule has 150 valence electrons. The summed E-state index contributed by atoms with van der Waals surface area (Å²) in [7, 11) is -2.21. The summed E-state index contributed by atoms with van der Waals surface area (Å²) in [5.74, 6) is -0.347. The fourth-order valence-electron chi connectivity index (χ4n) is 2.80. The SMILES string of the molecule is CN(c1ccc(C(=O)NCC(O)c2ccccc2)cc1)S(=O)(=O)c1ccccc1. The molecule has 1 unspecified atom stereocenters. The van der Waals surface area contributed by atoms with Crippen molar-refractivity contribution in [3.63, 3.8) is 0 Å². The lowest BCUT2D eigenvalue weighted by molar-refractivity contribution is 0.0916. The first kappa shape index (κ1) is 20.6. The van der Waals surface area contributed by atoms with Gasteiger partial charge in [0.1, 0.15) is 0 Å². The summed E-state index contributed by atoms with van der Waals surface area (Å²) in [6.45, 7) is 0.0763. The number of nitrogens with one attached hydrogen (secondary N) is 1. The molecule has 0 bridgehead atoms. The average molecular weight is 410 g/mol. The summed E-state index contributed by atoms with van der Waals surface area (Å²) in [5, 5.41) is 12.8. The Morgan fingerprint density at radius 1 is 0.931 bits per heavy atom. The van der Waals surface area contributed by atoms with Crippen molar-refractivity contribution in [2.75, 3.05) is 17.9 Å². The molecule has 7 heteroatoms. The van der Waals surface area contributed by atoms with Crippen LogP contribution in [0.1, 0.15) is 22.0 Å². The smallest absolute Gasteiger partial charge is 0.264 e. The van der Waals surface area contributed by atoms with Crippen LogP contribution in [0.15, 0.2) is 89.8 Å². The molecule has 1 amide bonds. The van der Waals surface area contributed by atoms with Gasteiger partial charge in [-0.3, -0.25) is 9.10 Å². The van der Waals surface area contributed by atoms with Crippen molar-refractivity contribution >= 4 is 21.6 Å². The highest BCUT2D eigenvalue weighted by atomic mass is 32.2. The molecule has 0 aliphatic carbocycles. The van der Waals surface area contributed by atoms with E-state index in [9.17, 15) is 18.3 Å². The van der Waals surface area contributed by atoms with Crippen LogP contribution in [0.25, 0.3) is 0 Å². The van der Waals surface area contributed by atoms with Crippen LogP contribution < -0.4 is 9.62 Å². The minimum atomic E-state index is -3.68. The molecule has 6 nitrogen and oxygen atoms in total. The van der Waals surface area contributed by atoms with Crippen LogP contribution in [-0.2, 0) is 10.0 Å². The predicted octanol–water partition coefficient (Wildman–Crippen LogP) is 2.98. The van der Waals surface area contributed by atoms with E-state index in [4.69, 9.17) is 0 Å². The molecule has 3 aromatic rings. The van der Waals surface area contributed by atoms with Gasteiger partial charge in [0.05, 0.1) is 16.7 Å². The van der Waals surface area contributed by atoms with Gasteiger partial charge in [0.2, 0.25) is 0 Å². The molecule has 1 atom stereocenters. The largest absolute Gasteiger partial charge is 0.387 e. The molecule has 0 aliphatic rings. The number of hydrogen-bond donors (Lipinski definition) is 2. The van der Waals surface area contributed by atoms with E-state index < -0.39 is 16.1 Å². The van der Waals surface area contributed by atoms with Crippen molar-refractivity contribution in [3.8, 4) is 0 Å². The maximum Gasteiger partial charge on any atom is 0.264 e. The zero-order valence-corrected chi connectivity index (χ0v) is 16.7. The average Bonchev–Trinajstić information content (AvgIpc) is 2.78. The molecule has 0 saturated carbocycles. The van der Waals surface area contributed by atoms with Crippen molar-refractivity contribution < 1.29 is 18.3 Å². The van der Waals surface area contributed by atoms with E-state index in [1.54, 1.807) is 54.6 Å². The fourth-order valence-corrected chi connectivity index (χ4v) is 4.01. The lowest BCUT2D eigenvalue weighted by Gasteiger charge is -2.19. The van der Waals surface area contributed by atoms with E-state index in [2.05, 4.69) is 5.32 Å². The summed E-state index contributed by atoms with van der Waals surface area (Å²) in [5.41, 5.74) is 1.53. The third-order valence-electron chi connectivity index (χ3n) is 4.54.